The van der Waals surface area contributed by atoms with Crippen LogP contribution in [0.1, 0.15) is 6.42 Å². The van der Waals surface area contributed by atoms with Crippen molar-refractivity contribution in [2.75, 3.05) is 26.5 Å². The number of carbonyl (C=O) groups is 3. The highest BCUT2D eigenvalue weighted by Gasteiger charge is 2.15. The first kappa shape index (κ1) is 20.4. The Kier molecular flexibility index (Phi) is 7.35. The lowest BCUT2D eigenvalue weighted by Gasteiger charge is -2.12. The molecule has 0 fully saturated rings. The van der Waals surface area contributed by atoms with Gasteiger partial charge in [0.25, 0.3) is 5.56 Å². The number of para-hydroxylation sites is 1. The van der Waals surface area contributed by atoms with E-state index in [-0.39, 0.29) is 30.8 Å². The third kappa shape index (κ3) is 5.55. The van der Waals surface area contributed by atoms with Crippen LogP contribution in [0.4, 0.5) is 0 Å². The van der Waals surface area contributed by atoms with Crippen molar-refractivity contribution in [2.45, 2.75) is 18.1 Å². The van der Waals surface area contributed by atoms with E-state index < -0.39 is 17.8 Å². The molecule has 1 aromatic carbocycles. The maximum atomic E-state index is 12.7. The number of aromatic nitrogens is 2. The average Bonchev–Trinajstić information content (AvgIpc) is 2.69. The van der Waals surface area contributed by atoms with E-state index in [0.717, 1.165) is 11.8 Å². The minimum atomic E-state index is -0.563. The molecule has 1 amide bonds. The fraction of sp³-hybridized carbons (Fsp3) is 0.353. The average molecular weight is 393 g/mol. The zero-order valence-corrected chi connectivity index (χ0v) is 15.7. The molecule has 0 atom stereocenters. The summed E-state index contributed by atoms with van der Waals surface area (Å²) >= 11 is 1.04. The number of hydrogen-bond acceptors (Lipinski definition) is 8. The highest BCUT2D eigenvalue weighted by molar-refractivity contribution is 7.99. The normalized spacial score (nSPS) is 10.4. The van der Waals surface area contributed by atoms with Crippen LogP contribution in [0.15, 0.2) is 34.2 Å². The van der Waals surface area contributed by atoms with Gasteiger partial charge in [0.2, 0.25) is 5.91 Å². The van der Waals surface area contributed by atoms with Crippen LogP contribution in [-0.2, 0) is 30.4 Å². The summed E-state index contributed by atoms with van der Waals surface area (Å²) in [6.45, 7) is -0.161. The summed E-state index contributed by atoms with van der Waals surface area (Å²) in [7, 11) is 2.49. The van der Waals surface area contributed by atoms with Gasteiger partial charge in [0, 0.05) is 6.54 Å². The monoisotopic (exact) mass is 393 g/mol. The first-order valence-corrected chi connectivity index (χ1v) is 8.97. The maximum absolute atomic E-state index is 12.7. The number of nitrogens with zero attached hydrogens (tertiary/aromatic N) is 2. The van der Waals surface area contributed by atoms with Crippen molar-refractivity contribution >= 4 is 40.5 Å². The second-order valence-corrected chi connectivity index (χ2v) is 6.28. The number of fused-ring (bicyclic) bond motifs is 1. The quantitative estimate of drug-likeness (QED) is 0.388. The van der Waals surface area contributed by atoms with Crippen molar-refractivity contribution in [3.05, 3.63) is 34.6 Å². The zero-order chi connectivity index (χ0) is 19.8. The predicted octanol–water partition coefficient (Wildman–Crippen LogP) is 0.341. The summed E-state index contributed by atoms with van der Waals surface area (Å²) < 4.78 is 10.4. The van der Waals surface area contributed by atoms with Crippen molar-refractivity contribution in [3.8, 4) is 0 Å². The van der Waals surface area contributed by atoms with Gasteiger partial charge in [-0.05, 0) is 12.1 Å². The summed E-state index contributed by atoms with van der Waals surface area (Å²) in [4.78, 5) is 51.6. The van der Waals surface area contributed by atoms with Crippen molar-refractivity contribution in [3.63, 3.8) is 0 Å². The van der Waals surface area contributed by atoms with Crippen LogP contribution < -0.4 is 10.9 Å². The van der Waals surface area contributed by atoms with E-state index in [0.29, 0.717) is 16.1 Å². The van der Waals surface area contributed by atoms with E-state index in [1.165, 1.54) is 18.8 Å². The Labute approximate surface area is 159 Å². The summed E-state index contributed by atoms with van der Waals surface area (Å²) in [5, 5.41) is 3.13. The minimum absolute atomic E-state index is 0.00146. The van der Waals surface area contributed by atoms with Gasteiger partial charge in [0.05, 0.1) is 37.3 Å². The first-order valence-electron chi connectivity index (χ1n) is 7.99. The van der Waals surface area contributed by atoms with Crippen molar-refractivity contribution < 1.29 is 23.9 Å². The second-order valence-electron chi connectivity index (χ2n) is 5.34. The molecule has 1 aromatic heterocycles. The number of rotatable bonds is 8. The van der Waals surface area contributed by atoms with Crippen LogP contribution in [0.3, 0.4) is 0 Å². The number of carbonyl (C=O) groups excluding carboxylic acids is 3. The van der Waals surface area contributed by atoms with Gasteiger partial charge in [-0.3, -0.25) is 23.7 Å². The van der Waals surface area contributed by atoms with Crippen molar-refractivity contribution in [1.29, 1.82) is 0 Å². The number of esters is 2. The van der Waals surface area contributed by atoms with Gasteiger partial charge in [-0.2, -0.15) is 0 Å². The largest absolute Gasteiger partial charge is 0.469 e. The summed E-state index contributed by atoms with van der Waals surface area (Å²) in [6, 6.07) is 6.83. The highest BCUT2D eigenvalue weighted by atomic mass is 32.2. The number of methoxy groups -OCH3 is 2. The van der Waals surface area contributed by atoms with E-state index in [4.69, 9.17) is 0 Å². The Morgan fingerprint density at radius 1 is 1.15 bits per heavy atom. The van der Waals surface area contributed by atoms with Crippen LogP contribution in [0.5, 0.6) is 0 Å². The molecule has 27 heavy (non-hydrogen) atoms. The van der Waals surface area contributed by atoms with Crippen LogP contribution in [-0.4, -0.2) is 53.9 Å². The van der Waals surface area contributed by atoms with Crippen LogP contribution in [0.2, 0.25) is 0 Å². The number of nitrogens with one attached hydrogen (secondary N) is 1. The smallest absolute Gasteiger partial charge is 0.325 e. The molecule has 0 saturated heterocycles. The molecular formula is C17H19N3O6S. The maximum Gasteiger partial charge on any atom is 0.325 e. The molecule has 144 valence electrons. The van der Waals surface area contributed by atoms with Gasteiger partial charge < -0.3 is 14.8 Å². The fourth-order valence-corrected chi connectivity index (χ4v) is 3.04. The molecule has 0 unspecified atom stereocenters. The van der Waals surface area contributed by atoms with Gasteiger partial charge in [-0.25, -0.2) is 4.98 Å². The molecule has 0 aliphatic rings. The van der Waals surface area contributed by atoms with E-state index in [2.05, 4.69) is 19.8 Å². The lowest BCUT2D eigenvalue weighted by molar-refractivity contribution is -0.141. The van der Waals surface area contributed by atoms with Crippen LogP contribution in [0, 0.1) is 0 Å². The molecule has 0 bridgehead atoms. The number of hydrogen-bond donors (Lipinski definition) is 1. The van der Waals surface area contributed by atoms with Crippen LogP contribution in [0.25, 0.3) is 10.9 Å². The molecule has 10 heteroatoms. The lowest BCUT2D eigenvalue weighted by atomic mass is 10.2. The van der Waals surface area contributed by atoms with Gasteiger partial charge >= 0.3 is 11.9 Å². The van der Waals surface area contributed by atoms with Crippen molar-refractivity contribution in [2.24, 2.45) is 0 Å². The van der Waals surface area contributed by atoms with Gasteiger partial charge in [0.15, 0.2) is 5.16 Å². The Bertz CT molecular complexity index is 911. The summed E-state index contributed by atoms with van der Waals surface area (Å²) in [5.41, 5.74) is 0.191. The van der Waals surface area contributed by atoms with E-state index in [9.17, 15) is 19.2 Å². The van der Waals surface area contributed by atoms with Crippen LogP contribution >= 0.6 is 11.8 Å². The first-order chi connectivity index (χ1) is 13.0. The van der Waals surface area contributed by atoms with Gasteiger partial charge in [-0.15, -0.1) is 0 Å². The Hall–Kier alpha value is -2.88. The molecule has 2 rings (SSSR count). The Morgan fingerprint density at radius 3 is 2.56 bits per heavy atom. The molecule has 9 nitrogen and oxygen atoms in total. The summed E-state index contributed by atoms with van der Waals surface area (Å²) in [6.07, 6.45) is -0.00146. The third-order valence-electron chi connectivity index (χ3n) is 3.58. The molecule has 0 radical (unpaired) electrons. The molecular weight excluding hydrogens is 374 g/mol. The number of ether oxygens (including phenoxy) is 2. The SMILES string of the molecule is COC(=O)CCn1c(SCC(=O)NCC(=O)OC)nc2ccccc2c1=O. The van der Waals surface area contributed by atoms with Crippen molar-refractivity contribution in [1.82, 2.24) is 14.9 Å². The molecule has 1 heterocycles. The van der Waals surface area contributed by atoms with Gasteiger partial charge in [-0.1, -0.05) is 23.9 Å². The molecule has 2 aromatic rings. The van der Waals surface area contributed by atoms with E-state index in [1.807, 2.05) is 0 Å². The third-order valence-corrected chi connectivity index (χ3v) is 4.56. The molecule has 0 aliphatic heterocycles. The topological polar surface area (TPSA) is 117 Å². The Morgan fingerprint density at radius 2 is 1.85 bits per heavy atom. The number of amides is 1. The number of thioether (sulfide) groups is 1. The minimum Gasteiger partial charge on any atom is -0.469 e. The highest BCUT2D eigenvalue weighted by Crippen LogP contribution is 2.18. The molecule has 0 aliphatic carbocycles. The summed E-state index contributed by atoms with van der Waals surface area (Å²) in [5.74, 6) is -1.48. The molecule has 0 spiro atoms. The fourth-order valence-electron chi connectivity index (χ4n) is 2.18. The molecule has 1 N–H and O–H groups in total. The van der Waals surface area contributed by atoms with E-state index >= 15 is 0 Å². The van der Waals surface area contributed by atoms with Gasteiger partial charge in [0.1, 0.15) is 6.54 Å². The Balaban J connectivity index is 2.22. The second kappa shape index (κ2) is 9.72. The van der Waals surface area contributed by atoms with E-state index in [1.54, 1.807) is 24.3 Å². The zero-order valence-electron chi connectivity index (χ0n) is 14.9. The standard InChI is InChI=1S/C17H19N3O6S/c1-25-14(22)7-8-20-16(24)11-5-3-4-6-12(11)19-17(20)27-10-13(21)18-9-15(23)26-2/h3-6H,7-10H2,1-2H3,(H,18,21). The number of benzene rings is 1. The lowest BCUT2D eigenvalue weighted by Crippen LogP contribution is -2.32. The molecule has 0 saturated carbocycles. The predicted molar refractivity (Wildman–Crippen MR) is 98.4 cm³/mol.